The van der Waals surface area contributed by atoms with Crippen molar-refractivity contribution in [2.45, 2.75) is 17.0 Å². The number of aryl methyl sites for hydroxylation is 1. The lowest BCUT2D eigenvalue weighted by Crippen LogP contribution is -2.08. The molecule has 4 heteroatoms. The third kappa shape index (κ3) is 2.39. The highest BCUT2D eigenvalue weighted by Crippen LogP contribution is 2.27. The number of nitrogens with zero attached hydrogens (tertiary/aromatic N) is 1. The summed E-state index contributed by atoms with van der Waals surface area (Å²) >= 11 is 1.48. The van der Waals surface area contributed by atoms with Crippen molar-refractivity contribution in [1.29, 1.82) is 0 Å². The minimum absolute atomic E-state index is 0.0957. The molecule has 2 aromatic carbocycles. The average molecular weight is 268 g/mol. The van der Waals surface area contributed by atoms with E-state index in [9.17, 15) is 4.79 Å². The van der Waals surface area contributed by atoms with Gasteiger partial charge in [0.2, 0.25) is 0 Å². The Hall–Kier alpha value is -2.07. The zero-order valence-electron chi connectivity index (χ0n) is 10.4. The summed E-state index contributed by atoms with van der Waals surface area (Å²) in [5.74, 6) is 0. The molecule has 19 heavy (non-hydrogen) atoms. The lowest BCUT2D eigenvalue weighted by atomic mass is 10.2. The maximum absolute atomic E-state index is 12.0. The smallest absolute Gasteiger partial charge is 0.259 e. The molecule has 0 aliphatic rings. The molecule has 0 aliphatic heterocycles. The molecule has 1 heterocycles. The number of rotatable bonds is 2. The highest BCUT2D eigenvalue weighted by atomic mass is 32.2. The van der Waals surface area contributed by atoms with E-state index < -0.39 is 0 Å². The predicted octanol–water partition coefficient (Wildman–Crippen LogP) is 3.38. The second-order valence-electron chi connectivity index (χ2n) is 4.26. The predicted molar refractivity (Wildman–Crippen MR) is 77.7 cm³/mol. The Morgan fingerprint density at radius 1 is 1.05 bits per heavy atom. The van der Waals surface area contributed by atoms with Gasteiger partial charge in [-0.3, -0.25) is 4.79 Å². The molecule has 0 saturated carbocycles. The second kappa shape index (κ2) is 4.90. The molecule has 1 aromatic heterocycles. The Morgan fingerprint density at radius 2 is 1.79 bits per heavy atom. The second-order valence-corrected chi connectivity index (χ2v) is 5.29. The van der Waals surface area contributed by atoms with Gasteiger partial charge < -0.3 is 4.98 Å². The van der Waals surface area contributed by atoms with Crippen LogP contribution in [-0.2, 0) is 0 Å². The van der Waals surface area contributed by atoms with E-state index in [1.807, 2.05) is 49.4 Å². The molecule has 0 unspecified atom stereocenters. The lowest BCUT2D eigenvalue weighted by Gasteiger charge is -2.05. The Morgan fingerprint density at radius 3 is 2.63 bits per heavy atom. The molecule has 3 nitrogen and oxygen atoms in total. The summed E-state index contributed by atoms with van der Waals surface area (Å²) < 4.78 is 0. The number of H-pyrrole nitrogens is 1. The number of para-hydroxylation sites is 1. The van der Waals surface area contributed by atoms with Crippen molar-refractivity contribution < 1.29 is 0 Å². The molecule has 0 spiro atoms. The Kier molecular flexibility index (Phi) is 3.09. The van der Waals surface area contributed by atoms with Crippen LogP contribution in [0, 0.1) is 6.92 Å². The maximum Gasteiger partial charge on any atom is 0.259 e. The van der Waals surface area contributed by atoms with Crippen molar-refractivity contribution in [1.82, 2.24) is 9.97 Å². The Labute approximate surface area is 114 Å². The van der Waals surface area contributed by atoms with Crippen LogP contribution in [0.15, 0.2) is 63.4 Å². The van der Waals surface area contributed by atoms with Gasteiger partial charge in [-0.15, -0.1) is 0 Å². The first-order valence-corrected chi connectivity index (χ1v) is 6.78. The molecule has 0 aliphatic carbocycles. The molecular weight excluding hydrogens is 256 g/mol. The van der Waals surface area contributed by atoms with Gasteiger partial charge in [0.15, 0.2) is 5.16 Å². The van der Waals surface area contributed by atoms with Gasteiger partial charge in [-0.1, -0.05) is 42.1 Å². The summed E-state index contributed by atoms with van der Waals surface area (Å²) in [6, 6.07) is 15.4. The average Bonchev–Trinajstić information content (AvgIpc) is 2.42. The summed E-state index contributed by atoms with van der Waals surface area (Å²) in [4.78, 5) is 20.4. The van der Waals surface area contributed by atoms with E-state index in [1.54, 1.807) is 6.07 Å². The first-order chi connectivity index (χ1) is 9.24. The molecule has 94 valence electrons. The number of hydrogen-bond acceptors (Lipinski definition) is 3. The maximum atomic E-state index is 12.0. The quantitative estimate of drug-likeness (QED) is 0.725. The van der Waals surface area contributed by atoms with Crippen LogP contribution in [0.1, 0.15) is 5.56 Å². The fourth-order valence-electron chi connectivity index (χ4n) is 1.89. The van der Waals surface area contributed by atoms with Crippen molar-refractivity contribution in [3.63, 3.8) is 0 Å². The number of aromatic amines is 1. The minimum Gasteiger partial charge on any atom is -0.301 e. The van der Waals surface area contributed by atoms with Crippen LogP contribution in [0.2, 0.25) is 0 Å². The Balaban J connectivity index is 2.07. The third-order valence-corrected chi connectivity index (χ3v) is 3.96. The van der Waals surface area contributed by atoms with Crippen molar-refractivity contribution in [3.05, 3.63) is 64.4 Å². The van der Waals surface area contributed by atoms with Crippen molar-refractivity contribution in [2.24, 2.45) is 0 Å². The van der Waals surface area contributed by atoms with Crippen LogP contribution in [0.25, 0.3) is 10.9 Å². The van der Waals surface area contributed by atoms with E-state index in [1.165, 1.54) is 17.3 Å². The molecule has 0 fully saturated rings. The van der Waals surface area contributed by atoms with Crippen LogP contribution in [-0.4, -0.2) is 9.97 Å². The van der Waals surface area contributed by atoms with E-state index >= 15 is 0 Å². The van der Waals surface area contributed by atoms with E-state index in [2.05, 4.69) is 9.97 Å². The Bertz CT molecular complexity index is 795. The molecule has 1 N–H and O–H groups in total. The number of benzene rings is 2. The number of nitrogens with one attached hydrogen (secondary N) is 1. The fourth-order valence-corrected chi connectivity index (χ4v) is 2.76. The minimum atomic E-state index is -0.0957. The standard InChI is InChI=1S/C15H12N2OS/c1-10-6-2-5-9-13(10)19-15-16-12-8-4-3-7-11(12)14(18)17-15/h2-9H,1H3,(H,16,17,18). The zero-order valence-corrected chi connectivity index (χ0v) is 11.2. The van der Waals surface area contributed by atoms with Crippen molar-refractivity contribution in [3.8, 4) is 0 Å². The SMILES string of the molecule is Cc1ccccc1Sc1nc2ccccc2c(=O)[nH]1. The molecule has 0 radical (unpaired) electrons. The number of hydrogen-bond donors (Lipinski definition) is 1. The van der Waals surface area contributed by atoms with E-state index in [0.717, 1.165) is 10.4 Å². The molecule has 3 aromatic rings. The first kappa shape index (κ1) is 12.0. The van der Waals surface area contributed by atoms with Crippen LogP contribution in [0.5, 0.6) is 0 Å². The van der Waals surface area contributed by atoms with Crippen LogP contribution in [0.4, 0.5) is 0 Å². The molecule has 0 saturated heterocycles. The normalized spacial score (nSPS) is 10.8. The van der Waals surface area contributed by atoms with Crippen molar-refractivity contribution >= 4 is 22.7 Å². The molecule has 0 bridgehead atoms. The van der Waals surface area contributed by atoms with E-state index in [-0.39, 0.29) is 5.56 Å². The van der Waals surface area contributed by atoms with Gasteiger partial charge >= 0.3 is 0 Å². The molecule has 0 amide bonds. The monoisotopic (exact) mass is 268 g/mol. The van der Waals surface area contributed by atoms with Gasteiger partial charge in [0, 0.05) is 4.90 Å². The van der Waals surface area contributed by atoms with Crippen LogP contribution < -0.4 is 5.56 Å². The third-order valence-electron chi connectivity index (χ3n) is 2.89. The molecule has 3 rings (SSSR count). The summed E-state index contributed by atoms with van der Waals surface area (Å²) in [7, 11) is 0. The van der Waals surface area contributed by atoms with Gasteiger partial charge in [-0.2, -0.15) is 0 Å². The van der Waals surface area contributed by atoms with E-state index in [4.69, 9.17) is 0 Å². The number of aromatic nitrogens is 2. The van der Waals surface area contributed by atoms with Crippen LogP contribution >= 0.6 is 11.8 Å². The molecule has 0 atom stereocenters. The van der Waals surface area contributed by atoms with Gasteiger partial charge in [0.1, 0.15) is 0 Å². The summed E-state index contributed by atoms with van der Waals surface area (Å²) in [6.07, 6.45) is 0. The van der Waals surface area contributed by atoms with Gasteiger partial charge in [0.05, 0.1) is 10.9 Å². The highest BCUT2D eigenvalue weighted by Gasteiger charge is 2.06. The lowest BCUT2D eigenvalue weighted by molar-refractivity contribution is 0.973. The first-order valence-electron chi connectivity index (χ1n) is 5.96. The van der Waals surface area contributed by atoms with Gasteiger partial charge in [0.25, 0.3) is 5.56 Å². The number of fused-ring (bicyclic) bond motifs is 1. The topological polar surface area (TPSA) is 45.8 Å². The highest BCUT2D eigenvalue weighted by molar-refractivity contribution is 7.99. The largest absolute Gasteiger partial charge is 0.301 e. The summed E-state index contributed by atoms with van der Waals surface area (Å²) in [5, 5.41) is 1.25. The van der Waals surface area contributed by atoms with E-state index in [0.29, 0.717) is 10.5 Å². The van der Waals surface area contributed by atoms with Crippen molar-refractivity contribution in [2.75, 3.05) is 0 Å². The summed E-state index contributed by atoms with van der Waals surface area (Å²) in [6.45, 7) is 2.04. The zero-order chi connectivity index (χ0) is 13.2. The molecular formula is C15H12N2OS. The fraction of sp³-hybridized carbons (Fsp3) is 0.0667. The summed E-state index contributed by atoms with van der Waals surface area (Å²) in [5.41, 5.74) is 1.80. The van der Waals surface area contributed by atoms with Gasteiger partial charge in [-0.25, -0.2) is 4.98 Å². The van der Waals surface area contributed by atoms with Gasteiger partial charge in [-0.05, 0) is 30.7 Å². The van der Waals surface area contributed by atoms with Crippen LogP contribution in [0.3, 0.4) is 0 Å².